The summed E-state index contributed by atoms with van der Waals surface area (Å²) in [6, 6.07) is 3.96. The summed E-state index contributed by atoms with van der Waals surface area (Å²) in [6.45, 7) is -0.120. The summed E-state index contributed by atoms with van der Waals surface area (Å²) >= 11 is 0. The summed E-state index contributed by atoms with van der Waals surface area (Å²) in [5.41, 5.74) is -0.0867. The summed E-state index contributed by atoms with van der Waals surface area (Å²) in [5.74, 6) is -0.864. The van der Waals surface area contributed by atoms with Crippen molar-refractivity contribution in [3.63, 3.8) is 0 Å². The fraction of sp³-hybridized carbons (Fsp3) is 0.231. The average Bonchev–Trinajstić information content (AvgIpc) is 2.70. The van der Waals surface area contributed by atoms with Crippen molar-refractivity contribution in [3.05, 3.63) is 52.5 Å². The second-order valence-electron chi connectivity index (χ2n) is 4.09. The highest BCUT2D eigenvalue weighted by Crippen LogP contribution is 2.18. The lowest BCUT2D eigenvalue weighted by molar-refractivity contribution is 0.0970. The monoisotopic (exact) mass is 264 g/mol. The number of rotatable bonds is 4. The Morgan fingerprint density at radius 2 is 2.11 bits per heavy atom. The number of benzene rings is 1. The maximum atomic E-state index is 13.5. The maximum absolute atomic E-state index is 13.5. The molecule has 0 fully saturated rings. The molecule has 1 aromatic carbocycles. The topological polar surface area (TPSA) is 53.2 Å². The molecule has 0 aliphatic heterocycles. The van der Waals surface area contributed by atoms with Crippen molar-refractivity contribution in [1.82, 2.24) is 9.13 Å². The molecule has 0 atom stereocenters. The number of methoxy groups -OCH3 is 1. The first kappa shape index (κ1) is 13.1. The first-order chi connectivity index (χ1) is 9.02. The third-order valence-corrected chi connectivity index (χ3v) is 2.81. The van der Waals surface area contributed by atoms with Crippen LogP contribution in [-0.4, -0.2) is 22.0 Å². The molecule has 0 saturated heterocycles. The Morgan fingerprint density at radius 1 is 1.37 bits per heavy atom. The molecule has 0 saturated carbocycles. The fourth-order valence-corrected chi connectivity index (χ4v) is 1.72. The molecule has 0 bridgehead atoms. The number of carbonyl (C=O) groups is 1. The predicted octanol–water partition coefficient (Wildman–Crippen LogP) is 1.22. The smallest absolute Gasteiger partial charge is 0.328 e. The minimum atomic E-state index is -0.603. The molecular formula is C13H13FN2O3. The van der Waals surface area contributed by atoms with E-state index in [1.165, 1.54) is 34.6 Å². The van der Waals surface area contributed by atoms with Crippen molar-refractivity contribution in [3.8, 4) is 5.75 Å². The van der Waals surface area contributed by atoms with Crippen molar-refractivity contribution in [2.24, 2.45) is 7.05 Å². The zero-order valence-corrected chi connectivity index (χ0v) is 10.6. The van der Waals surface area contributed by atoms with E-state index >= 15 is 0 Å². The molecule has 6 heteroatoms. The standard InChI is InChI=1S/C13H13FN2O3/c1-15-5-6-16(13(15)18)8-11(17)9-3-4-12(19-2)10(14)7-9/h3-7H,8H2,1-2H3. The van der Waals surface area contributed by atoms with Crippen molar-refractivity contribution < 1.29 is 13.9 Å². The van der Waals surface area contributed by atoms with Crippen LogP contribution >= 0.6 is 0 Å². The molecule has 0 amide bonds. The van der Waals surface area contributed by atoms with Crippen LogP contribution < -0.4 is 10.4 Å². The minimum absolute atomic E-state index is 0.0772. The second kappa shape index (κ2) is 5.09. The van der Waals surface area contributed by atoms with E-state index in [0.717, 1.165) is 6.07 Å². The van der Waals surface area contributed by atoms with Crippen LogP contribution in [0.1, 0.15) is 10.4 Å². The van der Waals surface area contributed by atoms with Gasteiger partial charge in [0.15, 0.2) is 17.3 Å². The van der Waals surface area contributed by atoms with Crippen LogP contribution in [0.5, 0.6) is 5.75 Å². The Labute approximate surface area is 108 Å². The first-order valence-electron chi connectivity index (χ1n) is 5.61. The fourth-order valence-electron chi connectivity index (χ4n) is 1.72. The largest absolute Gasteiger partial charge is 0.494 e. The molecule has 19 heavy (non-hydrogen) atoms. The van der Waals surface area contributed by atoms with E-state index in [1.54, 1.807) is 13.2 Å². The summed E-state index contributed by atoms with van der Waals surface area (Å²) in [6.07, 6.45) is 3.07. The molecule has 5 nitrogen and oxygen atoms in total. The van der Waals surface area contributed by atoms with Gasteiger partial charge in [-0.25, -0.2) is 9.18 Å². The molecule has 1 heterocycles. The van der Waals surface area contributed by atoms with Gasteiger partial charge in [0.1, 0.15) is 0 Å². The molecular weight excluding hydrogens is 251 g/mol. The van der Waals surface area contributed by atoms with Gasteiger partial charge in [0.05, 0.1) is 13.7 Å². The summed E-state index contributed by atoms with van der Waals surface area (Å²) in [7, 11) is 2.94. The molecule has 0 aliphatic rings. The zero-order chi connectivity index (χ0) is 14.0. The molecule has 0 aliphatic carbocycles. The summed E-state index contributed by atoms with van der Waals surface area (Å²) in [5, 5.41) is 0. The second-order valence-corrected chi connectivity index (χ2v) is 4.09. The van der Waals surface area contributed by atoms with Gasteiger partial charge in [-0.1, -0.05) is 0 Å². The number of Topliss-reactive ketones (excluding diaryl/α,β-unsaturated/α-hetero) is 1. The van der Waals surface area contributed by atoms with Crippen LogP contribution in [0.4, 0.5) is 4.39 Å². The van der Waals surface area contributed by atoms with Crippen LogP contribution in [0.3, 0.4) is 0 Å². The number of halogens is 1. The number of aryl methyl sites for hydroxylation is 1. The Kier molecular flexibility index (Phi) is 3.50. The lowest BCUT2D eigenvalue weighted by Crippen LogP contribution is -2.25. The van der Waals surface area contributed by atoms with Gasteiger partial charge < -0.3 is 9.30 Å². The summed E-state index contributed by atoms with van der Waals surface area (Å²) < 4.78 is 20.9. The average molecular weight is 264 g/mol. The molecule has 2 rings (SSSR count). The number of carbonyl (C=O) groups excluding carboxylic acids is 1. The first-order valence-corrected chi connectivity index (χ1v) is 5.61. The molecule has 1 aromatic heterocycles. The third kappa shape index (κ3) is 2.57. The van der Waals surface area contributed by atoms with Crippen LogP contribution in [0, 0.1) is 5.82 Å². The number of nitrogens with zero attached hydrogens (tertiary/aromatic N) is 2. The number of hydrogen-bond acceptors (Lipinski definition) is 3. The molecule has 0 unspecified atom stereocenters. The summed E-state index contributed by atoms with van der Waals surface area (Å²) in [4.78, 5) is 23.5. The van der Waals surface area contributed by atoms with Gasteiger partial charge in [-0.3, -0.25) is 9.36 Å². The van der Waals surface area contributed by atoms with E-state index in [-0.39, 0.29) is 29.3 Å². The van der Waals surface area contributed by atoms with Crippen LogP contribution in [0.2, 0.25) is 0 Å². The van der Waals surface area contributed by atoms with Crippen molar-refractivity contribution in [2.75, 3.05) is 7.11 Å². The number of hydrogen-bond donors (Lipinski definition) is 0. The highest BCUT2D eigenvalue weighted by atomic mass is 19.1. The van der Waals surface area contributed by atoms with E-state index in [4.69, 9.17) is 4.74 Å². The lowest BCUT2D eigenvalue weighted by Gasteiger charge is -2.05. The number of ketones is 1. The van der Waals surface area contributed by atoms with E-state index in [1.807, 2.05) is 0 Å². The van der Waals surface area contributed by atoms with Gasteiger partial charge in [0, 0.05) is 25.0 Å². The van der Waals surface area contributed by atoms with E-state index in [2.05, 4.69) is 0 Å². The predicted molar refractivity (Wildman–Crippen MR) is 67.0 cm³/mol. The van der Waals surface area contributed by atoms with Gasteiger partial charge in [-0.05, 0) is 18.2 Å². The van der Waals surface area contributed by atoms with Crippen LogP contribution in [0.25, 0.3) is 0 Å². The normalized spacial score (nSPS) is 10.5. The number of aromatic nitrogens is 2. The maximum Gasteiger partial charge on any atom is 0.328 e. The molecule has 2 aromatic rings. The van der Waals surface area contributed by atoms with Gasteiger partial charge in [0.2, 0.25) is 0 Å². The Hall–Kier alpha value is -2.37. The SMILES string of the molecule is COc1ccc(C(=O)Cn2ccn(C)c2=O)cc1F. The zero-order valence-electron chi connectivity index (χ0n) is 10.6. The van der Waals surface area contributed by atoms with E-state index in [9.17, 15) is 14.0 Å². The Bertz CT molecular complexity index is 673. The lowest BCUT2D eigenvalue weighted by atomic mass is 10.1. The quantitative estimate of drug-likeness (QED) is 0.780. The third-order valence-electron chi connectivity index (χ3n) is 2.81. The highest BCUT2D eigenvalue weighted by Gasteiger charge is 2.12. The Balaban J connectivity index is 2.23. The highest BCUT2D eigenvalue weighted by molar-refractivity contribution is 5.96. The van der Waals surface area contributed by atoms with Gasteiger partial charge in [-0.15, -0.1) is 0 Å². The van der Waals surface area contributed by atoms with Crippen molar-refractivity contribution in [1.29, 1.82) is 0 Å². The molecule has 100 valence electrons. The van der Waals surface area contributed by atoms with Crippen molar-refractivity contribution in [2.45, 2.75) is 6.54 Å². The molecule has 0 N–H and O–H groups in total. The van der Waals surface area contributed by atoms with Gasteiger partial charge in [0.25, 0.3) is 0 Å². The number of ether oxygens (including phenoxy) is 1. The Morgan fingerprint density at radius 3 is 2.63 bits per heavy atom. The van der Waals surface area contributed by atoms with E-state index in [0.29, 0.717) is 0 Å². The van der Waals surface area contributed by atoms with Gasteiger partial charge >= 0.3 is 5.69 Å². The molecule has 0 spiro atoms. The van der Waals surface area contributed by atoms with Gasteiger partial charge in [-0.2, -0.15) is 0 Å². The number of imidazole rings is 1. The van der Waals surface area contributed by atoms with Crippen LogP contribution in [0.15, 0.2) is 35.4 Å². The molecule has 0 radical (unpaired) electrons. The van der Waals surface area contributed by atoms with E-state index < -0.39 is 5.82 Å². The minimum Gasteiger partial charge on any atom is -0.494 e. The van der Waals surface area contributed by atoms with Crippen LogP contribution in [-0.2, 0) is 13.6 Å². The van der Waals surface area contributed by atoms with Crippen molar-refractivity contribution >= 4 is 5.78 Å².